The molecular weight excluding hydrogens is 242 g/mol. The molecule has 1 saturated heterocycles. The SMILES string of the molecule is CC(C)Cn1ccnc(N2CC(O)(C(C)C)C2)c1=O. The van der Waals surface area contributed by atoms with E-state index in [0.29, 0.717) is 31.4 Å². The van der Waals surface area contributed by atoms with Crippen molar-refractivity contribution in [1.29, 1.82) is 0 Å². The second-order valence-electron chi connectivity index (χ2n) is 6.22. The maximum atomic E-state index is 12.3. The minimum Gasteiger partial charge on any atom is -0.386 e. The lowest BCUT2D eigenvalue weighted by Gasteiger charge is -2.49. The van der Waals surface area contributed by atoms with Gasteiger partial charge >= 0.3 is 0 Å². The highest BCUT2D eigenvalue weighted by atomic mass is 16.3. The highest BCUT2D eigenvalue weighted by Crippen LogP contribution is 2.30. The Bertz CT molecular complexity index is 502. The molecule has 1 aliphatic rings. The van der Waals surface area contributed by atoms with Crippen LogP contribution < -0.4 is 10.5 Å². The summed E-state index contributed by atoms with van der Waals surface area (Å²) in [6, 6.07) is 0. The number of hydrogen-bond acceptors (Lipinski definition) is 4. The summed E-state index contributed by atoms with van der Waals surface area (Å²) < 4.78 is 1.69. The van der Waals surface area contributed by atoms with Gasteiger partial charge in [0.05, 0.1) is 13.1 Å². The first-order chi connectivity index (χ1) is 8.83. The van der Waals surface area contributed by atoms with Crippen LogP contribution in [0.15, 0.2) is 17.2 Å². The number of hydrogen-bond donors (Lipinski definition) is 1. The van der Waals surface area contributed by atoms with Crippen LogP contribution in [0.4, 0.5) is 5.82 Å². The van der Waals surface area contributed by atoms with Crippen LogP contribution in [0.1, 0.15) is 27.7 Å². The van der Waals surface area contributed by atoms with Gasteiger partial charge in [-0.3, -0.25) is 4.79 Å². The van der Waals surface area contributed by atoms with Gasteiger partial charge in [-0.15, -0.1) is 0 Å². The van der Waals surface area contributed by atoms with Crippen molar-refractivity contribution >= 4 is 5.82 Å². The van der Waals surface area contributed by atoms with E-state index in [4.69, 9.17) is 0 Å². The van der Waals surface area contributed by atoms with E-state index in [2.05, 4.69) is 18.8 Å². The Morgan fingerprint density at radius 2 is 2.00 bits per heavy atom. The molecule has 0 spiro atoms. The fourth-order valence-corrected chi connectivity index (χ4v) is 2.32. The number of aliphatic hydroxyl groups is 1. The third-order valence-electron chi connectivity index (χ3n) is 3.76. The molecule has 1 aromatic rings. The van der Waals surface area contributed by atoms with Crippen molar-refractivity contribution in [3.8, 4) is 0 Å². The molecule has 0 aliphatic carbocycles. The maximum Gasteiger partial charge on any atom is 0.293 e. The van der Waals surface area contributed by atoms with E-state index in [1.54, 1.807) is 17.0 Å². The van der Waals surface area contributed by atoms with Gasteiger partial charge < -0.3 is 14.6 Å². The van der Waals surface area contributed by atoms with Gasteiger partial charge in [0.15, 0.2) is 5.82 Å². The van der Waals surface area contributed by atoms with Crippen LogP contribution in [0.25, 0.3) is 0 Å². The van der Waals surface area contributed by atoms with Crippen molar-refractivity contribution in [3.05, 3.63) is 22.7 Å². The van der Waals surface area contributed by atoms with E-state index in [1.807, 2.05) is 18.7 Å². The van der Waals surface area contributed by atoms with Gasteiger partial charge in [0.1, 0.15) is 5.60 Å². The van der Waals surface area contributed by atoms with Gasteiger partial charge in [0.25, 0.3) is 5.56 Å². The van der Waals surface area contributed by atoms with Gasteiger partial charge in [-0.2, -0.15) is 0 Å². The largest absolute Gasteiger partial charge is 0.386 e. The van der Waals surface area contributed by atoms with Gasteiger partial charge in [-0.05, 0) is 11.8 Å². The lowest BCUT2D eigenvalue weighted by molar-refractivity contribution is -0.0306. The first-order valence-electron chi connectivity index (χ1n) is 6.86. The smallest absolute Gasteiger partial charge is 0.293 e. The Hall–Kier alpha value is -1.36. The van der Waals surface area contributed by atoms with E-state index in [9.17, 15) is 9.90 Å². The first kappa shape index (κ1) is 14.1. The summed E-state index contributed by atoms with van der Waals surface area (Å²) in [7, 11) is 0. The Labute approximate surface area is 113 Å². The molecule has 0 atom stereocenters. The normalized spacial score (nSPS) is 17.9. The molecule has 0 bridgehead atoms. The third kappa shape index (κ3) is 2.66. The van der Waals surface area contributed by atoms with E-state index in [-0.39, 0.29) is 11.5 Å². The maximum absolute atomic E-state index is 12.3. The van der Waals surface area contributed by atoms with Crippen LogP contribution in [0.3, 0.4) is 0 Å². The number of anilines is 1. The van der Waals surface area contributed by atoms with Gasteiger partial charge in [-0.25, -0.2) is 4.98 Å². The summed E-state index contributed by atoms with van der Waals surface area (Å²) in [6.07, 6.45) is 3.38. The summed E-state index contributed by atoms with van der Waals surface area (Å²) >= 11 is 0. The molecule has 1 fully saturated rings. The Balaban J connectivity index is 2.18. The summed E-state index contributed by atoms with van der Waals surface area (Å²) in [5, 5.41) is 10.2. The average molecular weight is 265 g/mol. The van der Waals surface area contributed by atoms with Crippen LogP contribution in [-0.4, -0.2) is 33.3 Å². The van der Waals surface area contributed by atoms with Crippen molar-refractivity contribution in [3.63, 3.8) is 0 Å². The molecule has 1 N–H and O–H groups in total. The van der Waals surface area contributed by atoms with Crippen molar-refractivity contribution in [2.75, 3.05) is 18.0 Å². The summed E-state index contributed by atoms with van der Waals surface area (Å²) in [5.41, 5.74) is -0.755. The molecule has 0 unspecified atom stereocenters. The topological polar surface area (TPSA) is 58.4 Å². The van der Waals surface area contributed by atoms with E-state index in [0.717, 1.165) is 0 Å². The van der Waals surface area contributed by atoms with Crippen molar-refractivity contribution in [2.24, 2.45) is 11.8 Å². The lowest BCUT2D eigenvalue weighted by atomic mass is 9.83. The summed E-state index contributed by atoms with van der Waals surface area (Å²) in [6.45, 7) is 9.80. The van der Waals surface area contributed by atoms with Crippen LogP contribution in [0.5, 0.6) is 0 Å². The molecule has 1 aliphatic heterocycles. The molecule has 0 aromatic carbocycles. The molecular formula is C14H23N3O2. The zero-order chi connectivity index (χ0) is 14.2. The molecule has 106 valence electrons. The summed E-state index contributed by atoms with van der Waals surface area (Å²) in [4.78, 5) is 18.3. The zero-order valence-electron chi connectivity index (χ0n) is 12.1. The quantitative estimate of drug-likeness (QED) is 0.886. The third-order valence-corrected chi connectivity index (χ3v) is 3.76. The second kappa shape index (κ2) is 4.96. The number of β-amino-alcohol motifs (C(OH)–C–C–N with tert-alkyl or cyclic N) is 1. The molecule has 1 aromatic heterocycles. The van der Waals surface area contributed by atoms with Crippen LogP contribution in [0.2, 0.25) is 0 Å². The van der Waals surface area contributed by atoms with Gasteiger partial charge in [-0.1, -0.05) is 27.7 Å². The average Bonchev–Trinajstić information content (AvgIpc) is 2.27. The molecule has 5 heteroatoms. The first-order valence-corrected chi connectivity index (χ1v) is 6.86. The molecule has 19 heavy (non-hydrogen) atoms. The van der Waals surface area contributed by atoms with Crippen LogP contribution in [-0.2, 0) is 6.54 Å². The van der Waals surface area contributed by atoms with Gasteiger partial charge in [0, 0.05) is 18.9 Å². The summed E-state index contributed by atoms with van der Waals surface area (Å²) in [5.74, 6) is 1.05. The second-order valence-corrected chi connectivity index (χ2v) is 6.22. The minimum atomic E-state index is -0.688. The monoisotopic (exact) mass is 265 g/mol. The number of nitrogens with zero attached hydrogens (tertiary/aromatic N) is 3. The van der Waals surface area contributed by atoms with Gasteiger partial charge in [0.2, 0.25) is 0 Å². The lowest BCUT2D eigenvalue weighted by Crippen LogP contribution is -2.66. The molecule has 0 amide bonds. The molecule has 0 radical (unpaired) electrons. The molecule has 5 nitrogen and oxygen atoms in total. The van der Waals surface area contributed by atoms with Crippen molar-refractivity contribution < 1.29 is 5.11 Å². The fourth-order valence-electron chi connectivity index (χ4n) is 2.32. The van der Waals surface area contributed by atoms with E-state index < -0.39 is 5.60 Å². The van der Waals surface area contributed by atoms with Crippen LogP contribution >= 0.6 is 0 Å². The predicted molar refractivity (Wildman–Crippen MR) is 75.3 cm³/mol. The predicted octanol–water partition coefficient (Wildman–Crippen LogP) is 1.11. The highest BCUT2D eigenvalue weighted by molar-refractivity contribution is 5.42. The Kier molecular flexibility index (Phi) is 3.67. The molecule has 0 saturated carbocycles. The standard InChI is InChI=1S/C14H23N3O2/c1-10(2)7-16-6-5-15-12(13(16)18)17-8-14(19,9-17)11(3)4/h5-6,10-11,19H,7-9H2,1-4H3. The fraction of sp³-hybridized carbons (Fsp3) is 0.714. The van der Waals surface area contributed by atoms with Crippen LogP contribution in [0, 0.1) is 11.8 Å². The Morgan fingerprint density at radius 1 is 1.37 bits per heavy atom. The Morgan fingerprint density at radius 3 is 2.53 bits per heavy atom. The zero-order valence-corrected chi connectivity index (χ0v) is 12.1. The molecule has 2 heterocycles. The van der Waals surface area contributed by atoms with Crippen molar-refractivity contribution in [1.82, 2.24) is 9.55 Å². The molecule has 2 rings (SSSR count). The number of rotatable bonds is 4. The number of aromatic nitrogens is 2. The van der Waals surface area contributed by atoms with E-state index >= 15 is 0 Å². The van der Waals surface area contributed by atoms with E-state index in [1.165, 1.54) is 0 Å². The van der Waals surface area contributed by atoms with Crippen molar-refractivity contribution in [2.45, 2.75) is 39.8 Å². The minimum absolute atomic E-state index is 0.0676. The highest BCUT2D eigenvalue weighted by Gasteiger charge is 2.45.